The molecule has 1 heterocycles. The van der Waals surface area contributed by atoms with Crippen LogP contribution in [0.3, 0.4) is 0 Å². The van der Waals surface area contributed by atoms with Crippen LogP contribution in [0.2, 0.25) is 0 Å². The van der Waals surface area contributed by atoms with Gasteiger partial charge in [-0.1, -0.05) is 0 Å². The summed E-state index contributed by atoms with van der Waals surface area (Å²) in [6.45, 7) is 4.69. The molecule has 4 nitrogen and oxygen atoms in total. The number of carbonyl (C=O) groups is 1. The molecular formula is C11H13F3N2O2. The van der Waals surface area contributed by atoms with Crippen LogP contribution in [0.1, 0.15) is 29.8 Å². The van der Waals surface area contributed by atoms with E-state index in [-0.39, 0.29) is 5.82 Å². The van der Waals surface area contributed by atoms with E-state index in [1.54, 1.807) is 4.90 Å². The van der Waals surface area contributed by atoms with E-state index < -0.39 is 23.3 Å². The highest BCUT2D eigenvalue weighted by Gasteiger charge is 2.36. The van der Waals surface area contributed by atoms with Crippen molar-refractivity contribution >= 4 is 11.8 Å². The van der Waals surface area contributed by atoms with E-state index in [0.29, 0.717) is 19.3 Å². The first kappa shape index (κ1) is 14.3. The van der Waals surface area contributed by atoms with Crippen molar-refractivity contribution < 1.29 is 23.1 Å². The molecule has 0 aliphatic rings. The summed E-state index contributed by atoms with van der Waals surface area (Å²) in [6.07, 6.45) is -4.15. The molecule has 0 amide bonds. The Balaban J connectivity index is 3.32. The third-order valence-electron chi connectivity index (χ3n) is 2.51. The zero-order valence-corrected chi connectivity index (χ0v) is 9.95. The number of halogens is 3. The lowest BCUT2D eigenvalue weighted by atomic mass is 10.1. The SMILES string of the molecule is CCN(CC)c1cc(C(=O)O)c(C(F)(F)F)cn1. The van der Waals surface area contributed by atoms with Crippen molar-refractivity contribution in [1.29, 1.82) is 0 Å². The van der Waals surface area contributed by atoms with Gasteiger partial charge in [-0.25, -0.2) is 9.78 Å². The fraction of sp³-hybridized carbons (Fsp3) is 0.455. The van der Waals surface area contributed by atoms with Gasteiger partial charge in [-0.05, 0) is 19.9 Å². The predicted octanol–water partition coefficient (Wildman–Crippen LogP) is 2.64. The van der Waals surface area contributed by atoms with E-state index in [4.69, 9.17) is 5.11 Å². The lowest BCUT2D eigenvalue weighted by molar-refractivity contribution is -0.138. The number of pyridine rings is 1. The maximum atomic E-state index is 12.6. The molecule has 0 saturated carbocycles. The van der Waals surface area contributed by atoms with Gasteiger partial charge in [0, 0.05) is 19.3 Å². The highest BCUT2D eigenvalue weighted by atomic mass is 19.4. The Kier molecular flexibility index (Phi) is 4.15. The standard InChI is InChI=1S/C11H13F3N2O2/c1-3-16(4-2)9-5-7(10(17)18)8(6-15-9)11(12,13)14/h5-6H,3-4H2,1-2H3,(H,17,18). The Bertz CT molecular complexity index is 442. The van der Waals surface area contributed by atoms with Crippen molar-refractivity contribution in [2.75, 3.05) is 18.0 Å². The maximum Gasteiger partial charge on any atom is 0.418 e. The van der Waals surface area contributed by atoms with Crippen molar-refractivity contribution in [2.24, 2.45) is 0 Å². The topological polar surface area (TPSA) is 53.4 Å². The second-order valence-corrected chi connectivity index (χ2v) is 3.56. The molecule has 0 aromatic carbocycles. The van der Waals surface area contributed by atoms with Crippen LogP contribution in [-0.4, -0.2) is 29.1 Å². The fourth-order valence-electron chi connectivity index (χ4n) is 1.57. The number of aromatic carboxylic acids is 1. The summed E-state index contributed by atoms with van der Waals surface area (Å²) in [5, 5.41) is 8.83. The van der Waals surface area contributed by atoms with Gasteiger partial charge in [0.2, 0.25) is 0 Å². The Morgan fingerprint density at radius 1 is 1.39 bits per heavy atom. The van der Waals surface area contributed by atoms with Crippen molar-refractivity contribution in [2.45, 2.75) is 20.0 Å². The number of aromatic nitrogens is 1. The smallest absolute Gasteiger partial charge is 0.418 e. The van der Waals surface area contributed by atoms with Gasteiger partial charge in [0.15, 0.2) is 0 Å². The summed E-state index contributed by atoms with van der Waals surface area (Å²) >= 11 is 0. The number of alkyl halides is 3. The second kappa shape index (κ2) is 5.24. The highest BCUT2D eigenvalue weighted by molar-refractivity contribution is 5.90. The summed E-state index contributed by atoms with van der Waals surface area (Å²) in [5.41, 5.74) is -2.01. The first-order valence-electron chi connectivity index (χ1n) is 5.36. The molecule has 0 bridgehead atoms. The van der Waals surface area contributed by atoms with E-state index in [1.807, 2.05) is 13.8 Å². The molecule has 100 valence electrons. The summed E-state index contributed by atoms with van der Waals surface area (Å²) < 4.78 is 37.8. The molecule has 18 heavy (non-hydrogen) atoms. The van der Waals surface area contributed by atoms with Crippen molar-refractivity contribution in [3.05, 3.63) is 23.4 Å². The Morgan fingerprint density at radius 2 is 1.94 bits per heavy atom. The Morgan fingerprint density at radius 3 is 2.33 bits per heavy atom. The summed E-state index contributed by atoms with van der Waals surface area (Å²) in [7, 11) is 0. The monoisotopic (exact) mass is 262 g/mol. The predicted molar refractivity (Wildman–Crippen MR) is 59.8 cm³/mol. The van der Waals surface area contributed by atoms with Crippen LogP contribution in [0.4, 0.5) is 19.0 Å². The third kappa shape index (κ3) is 2.91. The lowest BCUT2D eigenvalue weighted by Gasteiger charge is -2.21. The molecule has 0 atom stereocenters. The molecule has 0 aliphatic carbocycles. The van der Waals surface area contributed by atoms with Crippen molar-refractivity contribution in [3.8, 4) is 0 Å². The average molecular weight is 262 g/mol. The number of carboxylic acid groups (broad SMARTS) is 1. The minimum Gasteiger partial charge on any atom is -0.478 e. The largest absolute Gasteiger partial charge is 0.478 e. The Hall–Kier alpha value is -1.79. The van der Waals surface area contributed by atoms with Gasteiger partial charge in [0.1, 0.15) is 5.82 Å². The van der Waals surface area contributed by atoms with Gasteiger partial charge in [-0.2, -0.15) is 13.2 Å². The first-order chi connectivity index (χ1) is 8.31. The minimum atomic E-state index is -4.72. The minimum absolute atomic E-state index is 0.227. The van der Waals surface area contributed by atoms with Crippen molar-refractivity contribution in [3.63, 3.8) is 0 Å². The number of carboxylic acids is 1. The van der Waals surface area contributed by atoms with Crippen LogP contribution < -0.4 is 4.90 Å². The number of hydrogen-bond acceptors (Lipinski definition) is 3. The van der Waals surface area contributed by atoms with Gasteiger partial charge in [-0.15, -0.1) is 0 Å². The van der Waals surface area contributed by atoms with Gasteiger partial charge in [0.05, 0.1) is 11.1 Å². The molecular weight excluding hydrogens is 249 g/mol. The molecule has 0 fully saturated rings. The quantitative estimate of drug-likeness (QED) is 0.906. The maximum absolute atomic E-state index is 12.6. The molecule has 1 aromatic rings. The molecule has 0 radical (unpaired) electrons. The fourth-order valence-corrected chi connectivity index (χ4v) is 1.57. The zero-order chi connectivity index (χ0) is 13.9. The van der Waals surface area contributed by atoms with Gasteiger partial charge < -0.3 is 10.0 Å². The molecule has 0 aliphatic heterocycles. The van der Waals surface area contributed by atoms with E-state index in [2.05, 4.69) is 4.98 Å². The molecule has 7 heteroatoms. The number of hydrogen-bond donors (Lipinski definition) is 1. The van der Waals surface area contributed by atoms with Crippen molar-refractivity contribution in [1.82, 2.24) is 4.98 Å². The highest BCUT2D eigenvalue weighted by Crippen LogP contribution is 2.32. The van der Waals surface area contributed by atoms with Gasteiger partial charge in [-0.3, -0.25) is 0 Å². The second-order valence-electron chi connectivity index (χ2n) is 3.56. The zero-order valence-electron chi connectivity index (χ0n) is 9.95. The molecule has 1 aromatic heterocycles. The van der Waals surface area contributed by atoms with Crippen LogP contribution >= 0.6 is 0 Å². The third-order valence-corrected chi connectivity index (χ3v) is 2.51. The molecule has 0 saturated heterocycles. The Labute approximate surface area is 102 Å². The molecule has 0 spiro atoms. The van der Waals surface area contributed by atoms with E-state index >= 15 is 0 Å². The summed E-state index contributed by atoms with van der Waals surface area (Å²) in [4.78, 5) is 16.2. The molecule has 0 unspecified atom stereocenters. The van der Waals surface area contributed by atoms with Crippen LogP contribution in [-0.2, 0) is 6.18 Å². The van der Waals surface area contributed by atoms with Gasteiger partial charge >= 0.3 is 12.1 Å². The van der Waals surface area contributed by atoms with E-state index in [1.165, 1.54) is 0 Å². The van der Waals surface area contributed by atoms with Crippen LogP contribution in [0, 0.1) is 0 Å². The lowest BCUT2D eigenvalue weighted by Crippen LogP contribution is -2.24. The van der Waals surface area contributed by atoms with E-state index in [0.717, 1.165) is 6.07 Å². The van der Waals surface area contributed by atoms with Crippen LogP contribution in [0.5, 0.6) is 0 Å². The summed E-state index contributed by atoms with van der Waals surface area (Å²) in [6, 6.07) is 0.957. The van der Waals surface area contributed by atoms with E-state index in [9.17, 15) is 18.0 Å². The molecule has 1 rings (SSSR count). The van der Waals surface area contributed by atoms with Crippen LogP contribution in [0.15, 0.2) is 12.3 Å². The average Bonchev–Trinajstić information content (AvgIpc) is 2.29. The molecule has 1 N–H and O–H groups in total. The van der Waals surface area contributed by atoms with Gasteiger partial charge in [0.25, 0.3) is 0 Å². The van der Waals surface area contributed by atoms with Crippen LogP contribution in [0.25, 0.3) is 0 Å². The number of rotatable bonds is 4. The first-order valence-corrected chi connectivity index (χ1v) is 5.36. The normalized spacial score (nSPS) is 11.4. The number of anilines is 1. The summed E-state index contributed by atoms with van der Waals surface area (Å²) in [5.74, 6) is -1.39. The number of nitrogens with zero attached hydrogens (tertiary/aromatic N) is 2.